The van der Waals surface area contributed by atoms with Crippen molar-refractivity contribution >= 4 is 17.4 Å². The summed E-state index contributed by atoms with van der Waals surface area (Å²) in [5, 5.41) is 11.4. The summed E-state index contributed by atoms with van der Waals surface area (Å²) in [6.07, 6.45) is 1.47. The highest BCUT2D eigenvalue weighted by Gasteiger charge is 2.47. The number of furan rings is 1. The van der Waals surface area contributed by atoms with Crippen LogP contribution < -0.4 is 14.2 Å². The molecule has 4 rings (SSSR count). The summed E-state index contributed by atoms with van der Waals surface area (Å²) in [6, 6.07) is 14.7. The highest BCUT2D eigenvalue weighted by molar-refractivity contribution is 6.46. The fourth-order valence-electron chi connectivity index (χ4n) is 4.21. The number of likely N-dealkylation sites (tertiary alicyclic amines) is 1. The van der Waals surface area contributed by atoms with Crippen LogP contribution in [0.5, 0.6) is 17.2 Å². The summed E-state index contributed by atoms with van der Waals surface area (Å²) in [4.78, 5) is 27.9. The Kier molecular flexibility index (Phi) is 7.63. The van der Waals surface area contributed by atoms with Crippen LogP contribution in [0.1, 0.15) is 43.7 Å². The van der Waals surface area contributed by atoms with E-state index in [0.717, 1.165) is 5.56 Å². The lowest BCUT2D eigenvalue weighted by Gasteiger charge is -2.23. The molecule has 1 atom stereocenters. The second kappa shape index (κ2) is 11.0. The van der Waals surface area contributed by atoms with Gasteiger partial charge >= 0.3 is 0 Å². The number of ether oxygens (including phenoxy) is 3. The summed E-state index contributed by atoms with van der Waals surface area (Å²) in [5.74, 6) is 0.130. The van der Waals surface area contributed by atoms with Crippen molar-refractivity contribution < 1.29 is 33.3 Å². The maximum Gasteiger partial charge on any atom is 0.296 e. The van der Waals surface area contributed by atoms with Gasteiger partial charge in [-0.05, 0) is 62.7 Å². The second-order valence-corrected chi connectivity index (χ2v) is 8.04. The standard InChI is InChI=1S/C28H29NO7/c1-4-33-19-11-9-18(10-12-19)17-29-25(22-8-7-15-36-22)24(27(31)28(29)32)26(30)21-14-13-20(34-5-2)16-23(21)35-6-3/h7-16,25,30H,4-6,17H2,1-3H3/b26-24-. The highest BCUT2D eigenvalue weighted by Crippen LogP contribution is 2.42. The number of nitrogens with zero attached hydrogens (tertiary/aromatic N) is 1. The van der Waals surface area contributed by atoms with E-state index >= 15 is 0 Å². The van der Waals surface area contributed by atoms with E-state index in [1.165, 1.54) is 11.2 Å². The predicted molar refractivity (Wildman–Crippen MR) is 133 cm³/mol. The van der Waals surface area contributed by atoms with Gasteiger partial charge in [0, 0.05) is 12.6 Å². The molecule has 1 saturated heterocycles. The number of amides is 1. The Bertz CT molecular complexity index is 1250. The van der Waals surface area contributed by atoms with E-state index in [-0.39, 0.29) is 23.4 Å². The van der Waals surface area contributed by atoms with Crippen molar-refractivity contribution in [2.24, 2.45) is 0 Å². The zero-order valence-electron chi connectivity index (χ0n) is 20.5. The molecule has 188 valence electrons. The van der Waals surface area contributed by atoms with E-state index in [0.29, 0.717) is 42.8 Å². The van der Waals surface area contributed by atoms with Gasteiger partial charge in [0.2, 0.25) is 0 Å². The Labute approximate surface area is 209 Å². The summed E-state index contributed by atoms with van der Waals surface area (Å²) in [6.45, 7) is 7.06. The first-order valence-corrected chi connectivity index (χ1v) is 11.9. The Morgan fingerprint density at radius 1 is 0.917 bits per heavy atom. The summed E-state index contributed by atoms with van der Waals surface area (Å²) in [7, 11) is 0. The smallest absolute Gasteiger partial charge is 0.296 e. The van der Waals surface area contributed by atoms with Crippen LogP contribution >= 0.6 is 0 Å². The molecule has 0 spiro atoms. The molecule has 1 aliphatic rings. The Hall–Kier alpha value is -4.20. The average Bonchev–Trinajstić information content (AvgIpc) is 3.48. The third kappa shape index (κ3) is 4.93. The van der Waals surface area contributed by atoms with Gasteiger partial charge in [0.15, 0.2) is 0 Å². The van der Waals surface area contributed by atoms with Crippen molar-refractivity contribution in [3.8, 4) is 17.2 Å². The monoisotopic (exact) mass is 491 g/mol. The molecule has 8 heteroatoms. The van der Waals surface area contributed by atoms with Crippen LogP contribution in [0.15, 0.2) is 70.9 Å². The maximum absolute atomic E-state index is 13.3. The van der Waals surface area contributed by atoms with Gasteiger partial charge in [-0.3, -0.25) is 9.59 Å². The van der Waals surface area contributed by atoms with Gasteiger partial charge in [-0.25, -0.2) is 0 Å². The molecular weight excluding hydrogens is 462 g/mol. The molecule has 2 aromatic carbocycles. The molecule has 0 saturated carbocycles. The minimum absolute atomic E-state index is 0.0639. The molecule has 0 aliphatic carbocycles. The SMILES string of the molecule is CCOc1ccc(CN2C(=O)C(=O)/C(=C(\O)c3ccc(OCC)cc3OCC)C2c2ccco2)cc1. The fraction of sp³-hybridized carbons (Fsp3) is 0.286. The molecule has 1 aliphatic heterocycles. The molecule has 8 nitrogen and oxygen atoms in total. The number of aliphatic hydroxyl groups is 1. The maximum atomic E-state index is 13.3. The molecule has 0 radical (unpaired) electrons. The minimum Gasteiger partial charge on any atom is -0.507 e. The van der Waals surface area contributed by atoms with Crippen LogP contribution in [0, 0.1) is 0 Å². The van der Waals surface area contributed by atoms with Gasteiger partial charge in [-0.1, -0.05) is 12.1 Å². The van der Waals surface area contributed by atoms with E-state index in [9.17, 15) is 14.7 Å². The van der Waals surface area contributed by atoms with Crippen molar-refractivity contribution in [3.63, 3.8) is 0 Å². The van der Waals surface area contributed by atoms with Gasteiger partial charge in [0.25, 0.3) is 11.7 Å². The summed E-state index contributed by atoms with van der Waals surface area (Å²) < 4.78 is 22.4. The van der Waals surface area contributed by atoms with Crippen molar-refractivity contribution in [2.75, 3.05) is 19.8 Å². The Balaban J connectivity index is 1.78. The number of carbonyl (C=O) groups excluding carboxylic acids is 2. The van der Waals surface area contributed by atoms with E-state index in [1.807, 2.05) is 45.0 Å². The van der Waals surface area contributed by atoms with Crippen LogP contribution in [0.3, 0.4) is 0 Å². The first-order valence-electron chi connectivity index (χ1n) is 11.9. The third-order valence-electron chi connectivity index (χ3n) is 5.76. The molecule has 1 fully saturated rings. The van der Waals surface area contributed by atoms with Gasteiger partial charge in [-0.2, -0.15) is 0 Å². The summed E-state index contributed by atoms with van der Waals surface area (Å²) >= 11 is 0. The van der Waals surface area contributed by atoms with E-state index in [1.54, 1.807) is 30.3 Å². The zero-order chi connectivity index (χ0) is 25.7. The van der Waals surface area contributed by atoms with Gasteiger partial charge in [0.05, 0.1) is 37.2 Å². The van der Waals surface area contributed by atoms with Crippen LogP contribution in [-0.4, -0.2) is 41.5 Å². The minimum atomic E-state index is -0.910. The van der Waals surface area contributed by atoms with Crippen LogP contribution in [0.25, 0.3) is 5.76 Å². The van der Waals surface area contributed by atoms with E-state index in [4.69, 9.17) is 18.6 Å². The normalized spacial score (nSPS) is 16.9. The lowest BCUT2D eigenvalue weighted by Crippen LogP contribution is -2.29. The van der Waals surface area contributed by atoms with E-state index in [2.05, 4.69) is 0 Å². The topological polar surface area (TPSA) is 98.4 Å². The number of rotatable bonds is 10. The number of hydrogen-bond acceptors (Lipinski definition) is 7. The lowest BCUT2D eigenvalue weighted by atomic mass is 9.98. The van der Waals surface area contributed by atoms with Crippen molar-refractivity contribution in [1.82, 2.24) is 4.90 Å². The van der Waals surface area contributed by atoms with Crippen molar-refractivity contribution in [1.29, 1.82) is 0 Å². The largest absolute Gasteiger partial charge is 0.507 e. The second-order valence-electron chi connectivity index (χ2n) is 8.04. The molecule has 1 N–H and O–H groups in total. The number of benzene rings is 2. The first kappa shape index (κ1) is 24.9. The van der Waals surface area contributed by atoms with Gasteiger partial charge < -0.3 is 28.6 Å². The van der Waals surface area contributed by atoms with E-state index < -0.39 is 17.7 Å². The Morgan fingerprint density at radius 3 is 2.22 bits per heavy atom. The third-order valence-corrected chi connectivity index (χ3v) is 5.76. The molecule has 1 unspecified atom stereocenters. The van der Waals surface area contributed by atoms with Crippen molar-refractivity contribution in [3.05, 3.63) is 83.3 Å². The lowest BCUT2D eigenvalue weighted by molar-refractivity contribution is -0.140. The molecule has 0 bridgehead atoms. The van der Waals surface area contributed by atoms with Crippen molar-refractivity contribution in [2.45, 2.75) is 33.4 Å². The molecule has 1 amide bonds. The number of Topliss-reactive ketones (excluding diaryl/α,β-unsaturated/α-hetero) is 1. The van der Waals surface area contributed by atoms with Gasteiger partial charge in [0.1, 0.15) is 34.8 Å². The highest BCUT2D eigenvalue weighted by atomic mass is 16.5. The fourth-order valence-corrected chi connectivity index (χ4v) is 4.21. The molecular formula is C28H29NO7. The quantitative estimate of drug-likeness (QED) is 0.239. The predicted octanol–water partition coefficient (Wildman–Crippen LogP) is 5.10. The number of hydrogen-bond donors (Lipinski definition) is 1. The average molecular weight is 492 g/mol. The van der Waals surface area contributed by atoms with Crippen LogP contribution in [0.2, 0.25) is 0 Å². The van der Waals surface area contributed by atoms with Crippen LogP contribution in [-0.2, 0) is 16.1 Å². The molecule has 3 aromatic rings. The first-order chi connectivity index (χ1) is 17.5. The molecule has 2 heterocycles. The molecule has 1 aromatic heterocycles. The number of ketones is 1. The zero-order valence-corrected chi connectivity index (χ0v) is 20.5. The number of aliphatic hydroxyl groups excluding tert-OH is 1. The number of carbonyl (C=O) groups is 2. The van der Waals surface area contributed by atoms with Crippen LogP contribution in [0.4, 0.5) is 0 Å². The van der Waals surface area contributed by atoms with Gasteiger partial charge in [-0.15, -0.1) is 0 Å². The summed E-state index contributed by atoms with van der Waals surface area (Å²) in [5.41, 5.74) is 1.02. The Morgan fingerprint density at radius 2 is 1.58 bits per heavy atom. The molecule has 36 heavy (non-hydrogen) atoms.